The molecule has 1 saturated heterocycles. The van der Waals surface area contributed by atoms with Crippen molar-refractivity contribution in [2.24, 2.45) is 7.05 Å². The quantitative estimate of drug-likeness (QED) is 0.652. The maximum atomic E-state index is 12.1. The van der Waals surface area contributed by atoms with Crippen LogP contribution in [0, 0.1) is 0 Å². The highest BCUT2D eigenvalue weighted by atomic mass is 16.2. The molecule has 0 aromatic carbocycles. The van der Waals surface area contributed by atoms with Gasteiger partial charge in [-0.25, -0.2) is 0 Å². The summed E-state index contributed by atoms with van der Waals surface area (Å²) in [5.41, 5.74) is 6.24. The van der Waals surface area contributed by atoms with Crippen molar-refractivity contribution in [1.29, 1.82) is 0 Å². The highest BCUT2D eigenvalue weighted by Crippen LogP contribution is 2.12. The summed E-state index contributed by atoms with van der Waals surface area (Å²) in [5.74, 6) is -0.439. The predicted molar refractivity (Wildman–Crippen MR) is 61.2 cm³/mol. The Morgan fingerprint density at radius 3 is 3.00 bits per heavy atom. The van der Waals surface area contributed by atoms with Crippen LogP contribution >= 0.6 is 0 Å². The number of nitrogens with two attached hydrogens (primary N) is 1. The Balaban J connectivity index is 2.18. The second kappa shape index (κ2) is 4.44. The fourth-order valence-electron chi connectivity index (χ4n) is 1.80. The van der Waals surface area contributed by atoms with E-state index in [0.717, 1.165) is 6.42 Å². The van der Waals surface area contributed by atoms with Gasteiger partial charge in [-0.05, 0) is 6.42 Å². The summed E-state index contributed by atoms with van der Waals surface area (Å²) in [4.78, 5) is 25.0. The summed E-state index contributed by atoms with van der Waals surface area (Å²) in [7, 11) is 1.70. The normalized spacial score (nSPS) is 16.5. The van der Waals surface area contributed by atoms with E-state index in [9.17, 15) is 9.59 Å². The minimum Gasteiger partial charge on any atom is -0.396 e. The molecule has 1 aliphatic rings. The number of aromatic nitrogens is 2. The Morgan fingerprint density at radius 2 is 2.35 bits per heavy atom. The van der Waals surface area contributed by atoms with Crippen LogP contribution in [0.15, 0.2) is 6.20 Å². The monoisotopic (exact) mass is 237 g/mol. The first-order chi connectivity index (χ1) is 8.08. The van der Waals surface area contributed by atoms with Crippen LogP contribution in [0.2, 0.25) is 0 Å². The Labute approximate surface area is 98.6 Å². The highest BCUT2D eigenvalue weighted by Gasteiger charge is 2.24. The van der Waals surface area contributed by atoms with Gasteiger partial charge in [-0.2, -0.15) is 5.10 Å². The lowest BCUT2D eigenvalue weighted by molar-refractivity contribution is -0.121. The predicted octanol–water partition coefficient (Wildman–Crippen LogP) is -1.04. The molecule has 2 rings (SSSR count). The Morgan fingerprint density at radius 1 is 1.59 bits per heavy atom. The van der Waals surface area contributed by atoms with Crippen LogP contribution in [0.5, 0.6) is 0 Å². The molecular formula is C10H15N5O2. The topological polar surface area (TPSA) is 93.2 Å². The molecule has 7 nitrogen and oxygen atoms in total. The molecule has 0 aliphatic carbocycles. The fraction of sp³-hybridized carbons (Fsp3) is 0.500. The number of carbonyl (C=O) groups is 2. The number of hydrogen-bond acceptors (Lipinski definition) is 4. The van der Waals surface area contributed by atoms with Crippen molar-refractivity contribution in [2.75, 3.05) is 25.4 Å². The summed E-state index contributed by atoms with van der Waals surface area (Å²) in [6.45, 7) is 1.20. The standard InChI is InChI=1S/C10H15N5O2/c1-14-5-7(11)9(13-14)10(17)15-4-2-3-12-8(16)6-15/h5H,2-4,6,11H2,1H3,(H,12,16). The molecule has 0 unspecified atom stereocenters. The van der Waals surface area contributed by atoms with Crippen molar-refractivity contribution >= 4 is 17.5 Å². The molecule has 0 radical (unpaired) electrons. The number of rotatable bonds is 1. The first-order valence-corrected chi connectivity index (χ1v) is 5.43. The average Bonchev–Trinajstić information content (AvgIpc) is 2.49. The SMILES string of the molecule is Cn1cc(N)c(C(=O)N2CCCNC(=O)C2)n1. The molecule has 3 N–H and O–H groups in total. The third-order valence-corrected chi connectivity index (χ3v) is 2.61. The van der Waals surface area contributed by atoms with Crippen molar-refractivity contribution in [1.82, 2.24) is 20.0 Å². The molecule has 17 heavy (non-hydrogen) atoms. The number of nitrogen functional groups attached to an aromatic ring is 1. The van der Waals surface area contributed by atoms with Crippen molar-refractivity contribution in [3.05, 3.63) is 11.9 Å². The van der Waals surface area contributed by atoms with Gasteiger partial charge in [-0.15, -0.1) is 0 Å². The van der Waals surface area contributed by atoms with Gasteiger partial charge in [0.05, 0.1) is 12.2 Å². The van der Waals surface area contributed by atoms with Crippen molar-refractivity contribution in [3.63, 3.8) is 0 Å². The van der Waals surface area contributed by atoms with Gasteiger partial charge in [-0.3, -0.25) is 14.3 Å². The lowest BCUT2D eigenvalue weighted by atomic mass is 10.3. The second-order valence-electron chi connectivity index (χ2n) is 4.04. The van der Waals surface area contributed by atoms with Crippen molar-refractivity contribution < 1.29 is 9.59 Å². The smallest absolute Gasteiger partial charge is 0.276 e. The Kier molecular flexibility index (Phi) is 2.99. The Hall–Kier alpha value is -2.05. The summed E-state index contributed by atoms with van der Waals surface area (Å²) in [6, 6.07) is 0. The van der Waals surface area contributed by atoms with Gasteiger partial charge in [0.15, 0.2) is 5.69 Å². The molecule has 1 fully saturated rings. The van der Waals surface area contributed by atoms with Gasteiger partial charge >= 0.3 is 0 Å². The van der Waals surface area contributed by atoms with E-state index < -0.39 is 0 Å². The van der Waals surface area contributed by atoms with Crippen molar-refractivity contribution in [3.8, 4) is 0 Å². The van der Waals surface area contributed by atoms with E-state index in [1.807, 2.05) is 0 Å². The molecule has 7 heteroatoms. The number of nitrogens with zero attached hydrogens (tertiary/aromatic N) is 3. The van der Waals surface area contributed by atoms with Crippen LogP contribution in [0.25, 0.3) is 0 Å². The first-order valence-electron chi connectivity index (χ1n) is 5.43. The van der Waals surface area contributed by atoms with Crippen LogP contribution in [-0.4, -0.2) is 46.1 Å². The van der Waals surface area contributed by atoms with Crippen LogP contribution in [-0.2, 0) is 11.8 Å². The molecule has 1 aromatic rings. The molecule has 0 atom stereocenters. The number of nitrogens with one attached hydrogen (secondary N) is 1. The van der Waals surface area contributed by atoms with E-state index in [-0.39, 0.29) is 24.1 Å². The minimum absolute atomic E-state index is 0.0643. The lowest BCUT2D eigenvalue weighted by Crippen LogP contribution is -2.37. The number of hydrogen-bond donors (Lipinski definition) is 2. The van der Waals surface area contributed by atoms with E-state index in [4.69, 9.17) is 5.73 Å². The molecule has 2 heterocycles. The molecule has 1 aliphatic heterocycles. The van der Waals surface area contributed by atoms with Crippen LogP contribution in [0.3, 0.4) is 0 Å². The molecule has 0 spiro atoms. The van der Waals surface area contributed by atoms with Gasteiger partial charge < -0.3 is 16.0 Å². The Bertz CT molecular complexity index is 454. The summed E-state index contributed by atoms with van der Waals surface area (Å²) < 4.78 is 1.49. The molecule has 2 amide bonds. The minimum atomic E-state index is -0.292. The number of anilines is 1. The van der Waals surface area contributed by atoms with E-state index in [2.05, 4.69) is 10.4 Å². The second-order valence-corrected chi connectivity index (χ2v) is 4.04. The summed E-state index contributed by atoms with van der Waals surface area (Å²) in [5, 5.41) is 6.72. The third kappa shape index (κ3) is 2.38. The van der Waals surface area contributed by atoms with E-state index >= 15 is 0 Å². The lowest BCUT2D eigenvalue weighted by Gasteiger charge is -2.17. The molecule has 1 aromatic heterocycles. The van der Waals surface area contributed by atoms with Crippen LogP contribution in [0.1, 0.15) is 16.9 Å². The van der Waals surface area contributed by atoms with Crippen LogP contribution in [0.4, 0.5) is 5.69 Å². The zero-order valence-corrected chi connectivity index (χ0v) is 9.64. The largest absolute Gasteiger partial charge is 0.396 e. The van der Waals surface area contributed by atoms with Gasteiger partial charge in [0.2, 0.25) is 5.91 Å². The highest BCUT2D eigenvalue weighted by molar-refractivity contribution is 5.99. The fourth-order valence-corrected chi connectivity index (χ4v) is 1.80. The first kappa shape index (κ1) is 11.4. The summed E-state index contributed by atoms with van der Waals surface area (Å²) >= 11 is 0. The zero-order valence-electron chi connectivity index (χ0n) is 9.64. The van der Waals surface area contributed by atoms with Crippen LogP contribution < -0.4 is 11.1 Å². The van der Waals surface area contributed by atoms with E-state index in [1.165, 1.54) is 9.58 Å². The van der Waals surface area contributed by atoms with Gasteiger partial charge in [0.1, 0.15) is 0 Å². The number of carbonyl (C=O) groups excluding carboxylic acids is 2. The zero-order chi connectivity index (χ0) is 12.4. The number of aryl methyl sites for hydroxylation is 1. The molecule has 92 valence electrons. The third-order valence-electron chi connectivity index (χ3n) is 2.61. The summed E-state index contributed by atoms with van der Waals surface area (Å²) in [6.07, 6.45) is 2.31. The van der Waals surface area contributed by atoms with Crippen molar-refractivity contribution in [2.45, 2.75) is 6.42 Å². The maximum Gasteiger partial charge on any atom is 0.276 e. The number of amides is 2. The van der Waals surface area contributed by atoms with E-state index in [0.29, 0.717) is 18.8 Å². The van der Waals surface area contributed by atoms with Gasteiger partial charge in [0.25, 0.3) is 5.91 Å². The van der Waals surface area contributed by atoms with Gasteiger partial charge in [0, 0.05) is 26.3 Å². The maximum absolute atomic E-state index is 12.1. The molecule has 0 bridgehead atoms. The average molecular weight is 237 g/mol. The molecule has 0 saturated carbocycles. The van der Waals surface area contributed by atoms with Gasteiger partial charge in [-0.1, -0.05) is 0 Å². The van der Waals surface area contributed by atoms with E-state index in [1.54, 1.807) is 13.2 Å². The molecular weight excluding hydrogens is 222 g/mol.